The van der Waals surface area contributed by atoms with Crippen molar-refractivity contribution in [2.75, 3.05) is 7.11 Å². The lowest BCUT2D eigenvalue weighted by Gasteiger charge is -2.10. The van der Waals surface area contributed by atoms with Crippen LogP contribution in [0.5, 0.6) is 5.75 Å². The minimum atomic E-state index is -0.168. The van der Waals surface area contributed by atoms with Gasteiger partial charge < -0.3 is 4.74 Å². The molecular weight excluding hydrogens is 478 g/mol. The molecule has 0 aliphatic heterocycles. The van der Waals surface area contributed by atoms with E-state index in [-0.39, 0.29) is 5.69 Å². The van der Waals surface area contributed by atoms with Crippen molar-refractivity contribution in [1.82, 2.24) is 34.7 Å². The van der Waals surface area contributed by atoms with Crippen LogP contribution in [-0.2, 0) is 13.0 Å². The first-order valence-corrected chi connectivity index (χ1v) is 11.9. The van der Waals surface area contributed by atoms with E-state index in [0.29, 0.717) is 28.8 Å². The Kier molecular flexibility index (Phi) is 6.64. The molecule has 182 valence electrons. The number of H-pyrrole nitrogens is 1. The summed E-state index contributed by atoms with van der Waals surface area (Å²) in [6, 6.07) is 17.1. The minimum absolute atomic E-state index is 0.168. The molecule has 0 aliphatic carbocycles. The third-order valence-corrected chi connectivity index (χ3v) is 6.25. The highest BCUT2D eigenvalue weighted by Crippen LogP contribution is 2.30. The summed E-state index contributed by atoms with van der Waals surface area (Å²) in [6.07, 6.45) is 5.25. The average molecular weight is 502 g/mol. The van der Waals surface area contributed by atoms with Crippen LogP contribution in [0.25, 0.3) is 28.3 Å². The van der Waals surface area contributed by atoms with E-state index in [4.69, 9.17) is 16.3 Å². The van der Waals surface area contributed by atoms with E-state index in [1.54, 1.807) is 40.6 Å². The zero-order chi connectivity index (χ0) is 25.1. The highest BCUT2D eigenvalue weighted by atomic mass is 35.5. The van der Waals surface area contributed by atoms with Gasteiger partial charge in [0, 0.05) is 29.2 Å². The number of pyridine rings is 1. The van der Waals surface area contributed by atoms with Crippen LogP contribution in [0.4, 0.5) is 0 Å². The number of ether oxygens (including phenoxy) is 1. The number of nitrogens with one attached hydrogen (secondary N) is 1. The fourth-order valence-corrected chi connectivity index (χ4v) is 4.51. The molecule has 5 aromatic rings. The van der Waals surface area contributed by atoms with E-state index in [1.165, 1.54) is 0 Å². The number of methoxy groups -OCH3 is 1. The SMILES string of the molecule is CCCc1cn(-c2c(Cl)cccc2OC)c(=O)n1Cc1ccc(-c2ncccc2-c2nn[nH]n2)cc1. The van der Waals surface area contributed by atoms with Gasteiger partial charge in [-0.1, -0.05) is 55.3 Å². The number of hydrogen-bond acceptors (Lipinski definition) is 6. The van der Waals surface area contributed by atoms with E-state index < -0.39 is 0 Å². The number of benzene rings is 2. The highest BCUT2D eigenvalue weighted by Gasteiger charge is 2.18. The predicted molar refractivity (Wildman–Crippen MR) is 138 cm³/mol. The fraction of sp³-hybridized carbons (Fsp3) is 0.192. The number of tetrazole rings is 1. The van der Waals surface area contributed by atoms with Gasteiger partial charge in [-0.05, 0) is 41.5 Å². The lowest BCUT2D eigenvalue weighted by molar-refractivity contribution is 0.412. The maximum atomic E-state index is 13.5. The highest BCUT2D eigenvalue weighted by molar-refractivity contribution is 6.32. The first-order valence-electron chi connectivity index (χ1n) is 11.5. The van der Waals surface area contributed by atoms with Crippen LogP contribution in [-0.4, -0.2) is 41.9 Å². The summed E-state index contributed by atoms with van der Waals surface area (Å²) in [5, 5.41) is 14.7. The molecule has 1 N–H and O–H groups in total. The first kappa shape index (κ1) is 23.5. The standard InChI is InChI=1S/C26H24ClN7O2/c1-3-6-19-16-34(24-21(27)8-4-9-22(24)36-2)26(35)33(19)15-17-10-12-18(13-11-17)23-20(7-5-14-28-23)25-29-31-32-30-25/h4-5,7-14,16H,3,6,15H2,1-2H3,(H,29,30,31,32). The van der Waals surface area contributed by atoms with Crippen LogP contribution in [0.2, 0.25) is 5.02 Å². The molecule has 9 nitrogen and oxygen atoms in total. The molecule has 3 aromatic heterocycles. The zero-order valence-electron chi connectivity index (χ0n) is 19.8. The molecule has 0 fully saturated rings. The molecule has 0 atom stereocenters. The van der Waals surface area contributed by atoms with Crippen molar-refractivity contribution in [1.29, 1.82) is 0 Å². The van der Waals surface area contributed by atoms with Crippen molar-refractivity contribution in [3.05, 3.63) is 93.8 Å². The van der Waals surface area contributed by atoms with Crippen molar-refractivity contribution < 1.29 is 4.74 Å². The van der Waals surface area contributed by atoms with Gasteiger partial charge in [-0.25, -0.2) is 4.79 Å². The summed E-state index contributed by atoms with van der Waals surface area (Å²) in [4.78, 5) is 18.1. The summed E-state index contributed by atoms with van der Waals surface area (Å²) in [6.45, 7) is 2.51. The van der Waals surface area contributed by atoms with Crippen molar-refractivity contribution in [3.8, 4) is 34.1 Å². The molecule has 3 heterocycles. The van der Waals surface area contributed by atoms with E-state index in [9.17, 15) is 4.79 Å². The van der Waals surface area contributed by atoms with Crippen LogP contribution >= 0.6 is 11.6 Å². The van der Waals surface area contributed by atoms with Crippen LogP contribution in [0, 0.1) is 0 Å². The van der Waals surface area contributed by atoms with Crippen LogP contribution in [0.3, 0.4) is 0 Å². The second kappa shape index (κ2) is 10.2. The molecule has 0 bridgehead atoms. The minimum Gasteiger partial charge on any atom is -0.494 e. The Balaban J connectivity index is 1.50. The van der Waals surface area contributed by atoms with Crippen molar-refractivity contribution in [3.63, 3.8) is 0 Å². The number of para-hydroxylation sites is 1. The zero-order valence-corrected chi connectivity index (χ0v) is 20.6. The molecule has 36 heavy (non-hydrogen) atoms. The lowest BCUT2D eigenvalue weighted by Crippen LogP contribution is -2.25. The topological polar surface area (TPSA) is 104 Å². The molecule has 0 unspecified atom stereocenters. The normalized spacial score (nSPS) is 11.1. The Morgan fingerprint density at radius 1 is 1.08 bits per heavy atom. The summed E-state index contributed by atoms with van der Waals surface area (Å²) in [5.74, 6) is 1.02. The molecule has 0 saturated carbocycles. The van der Waals surface area contributed by atoms with Crippen LogP contribution in [0.15, 0.2) is 71.8 Å². The number of hydrogen-bond donors (Lipinski definition) is 1. The third kappa shape index (κ3) is 4.40. The molecule has 10 heteroatoms. The summed E-state index contributed by atoms with van der Waals surface area (Å²) < 4.78 is 8.84. The van der Waals surface area contributed by atoms with Gasteiger partial charge >= 0.3 is 5.69 Å². The summed E-state index contributed by atoms with van der Waals surface area (Å²) in [5.41, 5.74) is 4.74. The van der Waals surface area contributed by atoms with Gasteiger partial charge in [-0.3, -0.25) is 14.1 Å². The number of halogens is 1. The fourth-order valence-electron chi connectivity index (χ4n) is 4.25. The molecule has 0 spiro atoms. The number of aryl methyl sites for hydroxylation is 1. The largest absolute Gasteiger partial charge is 0.494 e. The van der Waals surface area contributed by atoms with Crippen molar-refractivity contribution in [2.45, 2.75) is 26.3 Å². The van der Waals surface area contributed by atoms with Gasteiger partial charge in [-0.2, -0.15) is 5.21 Å². The van der Waals surface area contributed by atoms with Crippen LogP contribution < -0.4 is 10.4 Å². The molecule has 5 rings (SSSR count). The molecular formula is C26H24ClN7O2. The number of imidazole rings is 1. The maximum Gasteiger partial charge on any atom is 0.333 e. The first-order chi connectivity index (χ1) is 17.6. The number of aromatic nitrogens is 7. The molecule has 0 saturated heterocycles. The Labute approximate surface area is 212 Å². The second-order valence-electron chi connectivity index (χ2n) is 8.23. The van der Waals surface area contributed by atoms with Gasteiger partial charge in [0.1, 0.15) is 11.4 Å². The third-order valence-electron chi connectivity index (χ3n) is 5.94. The number of nitrogens with zero attached hydrogens (tertiary/aromatic N) is 6. The monoisotopic (exact) mass is 501 g/mol. The quantitative estimate of drug-likeness (QED) is 0.334. The Bertz CT molecular complexity index is 1540. The van der Waals surface area contributed by atoms with Crippen LogP contribution in [0.1, 0.15) is 24.6 Å². The lowest BCUT2D eigenvalue weighted by atomic mass is 10.0. The van der Waals surface area contributed by atoms with Gasteiger partial charge in [0.25, 0.3) is 0 Å². The van der Waals surface area contributed by atoms with E-state index in [2.05, 4.69) is 32.5 Å². The van der Waals surface area contributed by atoms with Crippen molar-refractivity contribution >= 4 is 11.6 Å². The van der Waals surface area contributed by atoms with E-state index in [0.717, 1.165) is 40.9 Å². The number of aromatic amines is 1. The Morgan fingerprint density at radius 3 is 2.64 bits per heavy atom. The average Bonchev–Trinajstić information content (AvgIpc) is 3.54. The second-order valence-corrected chi connectivity index (χ2v) is 8.64. The molecule has 0 radical (unpaired) electrons. The van der Waals surface area contributed by atoms with E-state index >= 15 is 0 Å². The van der Waals surface area contributed by atoms with E-state index in [1.807, 2.05) is 42.6 Å². The van der Waals surface area contributed by atoms with Gasteiger partial charge in [0.15, 0.2) is 0 Å². The molecule has 0 amide bonds. The Morgan fingerprint density at radius 2 is 1.92 bits per heavy atom. The summed E-state index contributed by atoms with van der Waals surface area (Å²) in [7, 11) is 1.57. The van der Waals surface area contributed by atoms with Crippen molar-refractivity contribution in [2.24, 2.45) is 0 Å². The number of rotatable bonds is 8. The van der Waals surface area contributed by atoms with Gasteiger partial charge in [0.2, 0.25) is 5.82 Å². The van der Waals surface area contributed by atoms with Gasteiger partial charge in [0.05, 0.1) is 24.4 Å². The maximum absolute atomic E-state index is 13.5. The molecule has 2 aromatic carbocycles. The summed E-state index contributed by atoms with van der Waals surface area (Å²) >= 11 is 6.47. The Hall–Kier alpha value is -4.24. The smallest absolute Gasteiger partial charge is 0.333 e. The molecule has 0 aliphatic rings. The predicted octanol–water partition coefficient (Wildman–Crippen LogP) is 4.54. The van der Waals surface area contributed by atoms with Gasteiger partial charge in [-0.15, -0.1) is 10.2 Å².